The smallest absolute Gasteiger partial charge is 0.261 e. The van der Waals surface area contributed by atoms with Gasteiger partial charge in [-0.1, -0.05) is 250 Å². The summed E-state index contributed by atoms with van der Waals surface area (Å²) in [4.78, 5) is 61.0. The summed E-state index contributed by atoms with van der Waals surface area (Å²) in [5.74, 6) is 2.67. The van der Waals surface area contributed by atoms with E-state index in [9.17, 15) is 19.2 Å². The second-order valence-electron chi connectivity index (χ2n) is 34.9. The van der Waals surface area contributed by atoms with Crippen molar-refractivity contribution in [2.45, 2.75) is 280 Å². The van der Waals surface area contributed by atoms with E-state index in [0.717, 1.165) is 106 Å². The van der Waals surface area contributed by atoms with Crippen LogP contribution in [0.3, 0.4) is 0 Å². The van der Waals surface area contributed by atoms with Crippen LogP contribution < -0.4 is 18.9 Å². The average molecular weight is 1660 g/mol. The number of fused-ring (bicyclic) bond motifs is 2. The second kappa shape index (κ2) is 47.8. The first-order valence-corrected chi connectivity index (χ1v) is 57.4. The van der Waals surface area contributed by atoms with E-state index in [-0.39, 0.29) is 23.6 Å². The number of hydrogen-bond donors (Lipinski definition) is 0. The molecule has 10 rings (SSSR count). The standard InChI is InChI=1S/C41H50N2O4.C40H48N2O4.C10H26OSi2.C8H22OSi2/c1-5-7-9-11-13-15-29-47-35-26-22-33(23-27-35)39-37-36(40(44)43(39)4)38(42(3)41(37)45)32-18-16-30(17-19-32)31-20-24-34(25-21-31)46-28-14-12-10-8-6-2;1-5-7-9-11-13-27-45-33-23-19-30(20-24-33)29-15-17-31(18-16-29)37-35-36(40(44)41(37)3)38(42(4)39(35)43)32-21-25-34(26-22-32)46-28-14-12-10-8-6-2;1-7-9-12(3,4)11-13(5,6)10-8-2;1-7-8-11(5,6)9-10(2,3)4/h16-27H,5-15,28-29H2,1-4H3;15-26H,5-14,27-28H2,1-4H3;7-10H2,1-6H3;7-8H2,1-6H3. The Morgan fingerprint density at radius 2 is 0.410 bits per heavy atom. The van der Waals surface area contributed by atoms with E-state index < -0.39 is 33.3 Å². The largest absolute Gasteiger partial charge is 0.494 e. The molecule has 6 aromatic carbocycles. The summed E-state index contributed by atoms with van der Waals surface area (Å²) in [7, 11) is 1.80. The molecule has 6 aromatic rings. The molecule has 0 atom stereocenters. The van der Waals surface area contributed by atoms with Gasteiger partial charge in [0.1, 0.15) is 23.0 Å². The fourth-order valence-corrected chi connectivity index (χ4v) is 33.7. The number of hydrogen-bond acceptors (Lipinski definition) is 10. The number of carbonyl (C=O) groups excluding carboxylic acids is 4. The monoisotopic (exact) mass is 1660 g/mol. The lowest BCUT2D eigenvalue weighted by molar-refractivity contribution is -0.123. The maximum atomic E-state index is 13.7. The van der Waals surface area contributed by atoms with Crippen LogP contribution in [0.4, 0.5) is 0 Å². The number of unbranched alkanes of at least 4 members (excludes halogenated alkanes) is 17. The summed E-state index contributed by atoms with van der Waals surface area (Å²) < 4.78 is 36.3. The van der Waals surface area contributed by atoms with Gasteiger partial charge in [0.25, 0.3) is 23.6 Å². The van der Waals surface area contributed by atoms with Crippen LogP contribution in [0.2, 0.25) is 77.1 Å². The number of likely N-dealkylation sites (N-methyl/N-ethyl adjacent to an activating group) is 4. The number of amides is 4. The average Bonchev–Trinajstić information content (AvgIpc) is 1.57. The molecule has 0 unspecified atom stereocenters. The topological polar surface area (TPSA) is 137 Å². The molecule has 4 aliphatic heterocycles. The third-order valence-electron chi connectivity index (χ3n) is 21.8. The van der Waals surface area contributed by atoms with Crippen LogP contribution in [0.15, 0.2) is 168 Å². The number of nitrogens with zero attached hydrogens (tertiary/aromatic N) is 4. The third-order valence-corrected chi connectivity index (χ3v) is 36.0. The number of benzene rings is 6. The van der Waals surface area contributed by atoms with Gasteiger partial charge >= 0.3 is 0 Å². The molecule has 0 aliphatic carbocycles. The van der Waals surface area contributed by atoms with Gasteiger partial charge in [0.05, 0.1) is 71.5 Å². The molecule has 4 amide bonds. The van der Waals surface area contributed by atoms with Crippen LogP contribution in [0.1, 0.15) is 225 Å². The minimum absolute atomic E-state index is 0.170. The molecule has 18 heteroatoms. The molecular weight excluding hydrogens is 1520 g/mol. The fourth-order valence-electron chi connectivity index (χ4n) is 16.2. The van der Waals surface area contributed by atoms with Crippen LogP contribution >= 0.6 is 0 Å². The summed E-state index contributed by atoms with van der Waals surface area (Å²) >= 11 is 0. The Bertz CT molecular complexity index is 4200. The molecule has 0 fully saturated rings. The fraction of sp³-hybridized carbons (Fsp3) is 0.515. The molecule has 638 valence electrons. The van der Waals surface area contributed by atoms with Crippen LogP contribution in [0.25, 0.3) is 45.0 Å². The Kier molecular flexibility index (Phi) is 39.3. The van der Waals surface area contributed by atoms with Crippen molar-refractivity contribution in [3.8, 4) is 45.3 Å². The summed E-state index contributed by atoms with van der Waals surface area (Å²) in [6.45, 7) is 39.4. The van der Waals surface area contributed by atoms with Crippen LogP contribution in [-0.2, 0) is 27.4 Å². The first kappa shape index (κ1) is 96.3. The Morgan fingerprint density at radius 3 is 0.615 bits per heavy atom. The maximum Gasteiger partial charge on any atom is 0.261 e. The van der Waals surface area contributed by atoms with E-state index in [2.05, 4.69) is 132 Å². The molecule has 14 nitrogen and oxygen atoms in total. The first-order valence-electron chi connectivity index (χ1n) is 44.6. The van der Waals surface area contributed by atoms with Gasteiger partial charge in [-0.15, -0.1) is 0 Å². The maximum absolute atomic E-state index is 13.7. The number of rotatable bonds is 45. The summed E-state index contributed by atoms with van der Waals surface area (Å²) in [5.41, 5.74) is 12.0. The van der Waals surface area contributed by atoms with E-state index in [1.807, 2.05) is 121 Å². The van der Waals surface area contributed by atoms with Crippen LogP contribution in [0.5, 0.6) is 23.0 Å². The van der Waals surface area contributed by atoms with E-state index in [0.29, 0.717) is 58.3 Å². The number of ether oxygens (including phenoxy) is 4. The van der Waals surface area contributed by atoms with Gasteiger partial charge in [0.2, 0.25) is 0 Å². The lowest BCUT2D eigenvalue weighted by Crippen LogP contribution is -2.43. The van der Waals surface area contributed by atoms with Crippen molar-refractivity contribution >= 4 is 79.7 Å². The predicted octanol–water partition coefficient (Wildman–Crippen LogP) is 26.3. The molecule has 4 aliphatic rings. The van der Waals surface area contributed by atoms with E-state index in [1.54, 1.807) is 47.8 Å². The van der Waals surface area contributed by atoms with E-state index in [1.165, 1.54) is 147 Å². The third kappa shape index (κ3) is 29.0. The number of carbonyl (C=O) groups is 4. The molecule has 0 saturated heterocycles. The Hall–Kier alpha value is -7.85. The van der Waals surface area contributed by atoms with Crippen molar-refractivity contribution in [3.63, 3.8) is 0 Å². The lowest BCUT2D eigenvalue weighted by Gasteiger charge is -2.33. The van der Waals surface area contributed by atoms with Crippen molar-refractivity contribution < 1.29 is 46.4 Å². The zero-order valence-corrected chi connectivity index (χ0v) is 79.6. The van der Waals surface area contributed by atoms with Gasteiger partial charge in [-0.2, -0.15) is 0 Å². The molecule has 0 N–H and O–H groups in total. The van der Waals surface area contributed by atoms with Gasteiger partial charge in [-0.25, -0.2) is 0 Å². The minimum Gasteiger partial charge on any atom is -0.494 e. The van der Waals surface area contributed by atoms with Gasteiger partial charge in [0, 0.05) is 28.2 Å². The minimum atomic E-state index is -1.31. The summed E-state index contributed by atoms with van der Waals surface area (Å²) in [6.07, 6.45) is 29.2. The van der Waals surface area contributed by atoms with Crippen LogP contribution in [0, 0.1) is 0 Å². The highest BCUT2D eigenvalue weighted by atomic mass is 28.4. The molecule has 0 saturated carbocycles. The van der Waals surface area contributed by atoms with Crippen molar-refractivity contribution in [2.75, 3.05) is 54.6 Å². The highest BCUT2D eigenvalue weighted by Gasteiger charge is 2.48. The lowest BCUT2D eigenvalue weighted by atomic mass is 9.99. The molecule has 0 bridgehead atoms. The van der Waals surface area contributed by atoms with Crippen molar-refractivity contribution in [1.29, 1.82) is 0 Å². The van der Waals surface area contributed by atoms with E-state index >= 15 is 0 Å². The summed E-state index contributed by atoms with van der Waals surface area (Å²) in [6, 6.07) is 51.9. The van der Waals surface area contributed by atoms with E-state index in [4.69, 9.17) is 27.2 Å². The SMILES string of the molecule is CCCCCCCCOc1ccc(C2=C3C(=O)N(C)C(c4ccc(-c5ccc(OCCCCCCC)cc5)cc4)=C3C(=O)N2C)cc1.CCCCCCCOc1ccc(C2=C3C(=O)N(C)C(c4ccc(-c5ccc(OCCCCCCC)cc5)cc4)=C3C(=O)N2C)cc1.CCC[Si](C)(C)O[Si](C)(C)C.CCC[Si](C)(C)O[Si](C)(C)CCC. The molecule has 4 heterocycles. The Labute approximate surface area is 710 Å². The summed E-state index contributed by atoms with van der Waals surface area (Å²) in [5, 5.41) is 0. The molecule has 0 aromatic heterocycles. The van der Waals surface area contributed by atoms with Crippen molar-refractivity contribution in [2.24, 2.45) is 0 Å². The second-order valence-corrected chi connectivity index (χ2v) is 52.8. The molecule has 0 radical (unpaired) electrons. The zero-order chi connectivity index (χ0) is 85.3. The normalized spacial score (nSPS) is 14.3. The highest BCUT2D eigenvalue weighted by Crippen LogP contribution is 2.48. The van der Waals surface area contributed by atoms with Crippen LogP contribution in [-0.4, -0.2) is 131 Å². The predicted molar refractivity (Wildman–Crippen MR) is 500 cm³/mol. The quantitative estimate of drug-likeness (QED) is 0.0268. The van der Waals surface area contributed by atoms with Gasteiger partial charge in [-0.05, 0) is 220 Å². The van der Waals surface area contributed by atoms with Gasteiger partial charge in [0.15, 0.2) is 33.3 Å². The molecule has 117 heavy (non-hydrogen) atoms. The molecule has 0 spiro atoms. The Balaban J connectivity index is 0.000000253. The first-order chi connectivity index (χ1) is 56.0. The van der Waals surface area contributed by atoms with Gasteiger partial charge in [-0.3, -0.25) is 19.2 Å². The van der Waals surface area contributed by atoms with Gasteiger partial charge < -0.3 is 46.8 Å². The van der Waals surface area contributed by atoms with Crippen molar-refractivity contribution in [3.05, 3.63) is 190 Å². The highest BCUT2D eigenvalue weighted by molar-refractivity contribution is 6.85. The zero-order valence-electron chi connectivity index (χ0n) is 75.6. The van der Waals surface area contributed by atoms with Crippen molar-refractivity contribution in [1.82, 2.24) is 19.6 Å². The Morgan fingerprint density at radius 1 is 0.231 bits per heavy atom. The molecular formula is C99H146N4O10Si4.